The Morgan fingerprint density at radius 2 is 2.00 bits per heavy atom. The summed E-state index contributed by atoms with van der Waals surface area (Å²) >= 11 is 6.67. The highest BCUT2D eigenvalue weighted by atomic mass is 79.9. The standard InChI is InChI=1S/C12H11Br2NO/c1-3-4-8(2)15-12(16)9-5-10(13)7-11(14)6-9/h1,5-8H,4H2,2H3,(H,15,16). The monoisotopic (exact) mass is 343 g/mol. The molecule has 0 saturated carbocycles. The molecule has 1 unspecified atom stereocenters. The molecule has 0 aromatic heterocycles. The van der Waals surface area contributed by atoms with Gasteiger partial charge in [0.05, 0.1) is 0 Å². The van der Waals surface area contributed by atoms with E-state index in [1.54, 1.807) is 12.1 Å². The average Bonchev–Trinajstić information content (AvgIpc) is 2.16. The zero-order valence-electron chi connectivity index (χ0n) is 8.76. The number of carbonyl (C=O) groups is 1. The van der Waals surface area contributed by atoms with Crippen LogP contribution in [0.4, 0.5) is 0 Å². The smallest absolute Gasteiger partial charge is 0.251 e. The molecule has 16 heavy (non-hydrogen) atoms. The number of amides is 1. The van der Waals surface area contributed by atoms with Crippen molar-refractivity contribution in [3.05, 3.63) is 32.7 Å². The lowest BCUT2D eigenvalue weighted by Gasteiger charge is -2.11. The van der Waals surface area contributed by atoms with Crippen LogP contribution < -0.4 is 5.32 Å². The predicted molar refractivity (Wildman–Crippen MR) is 72.2 cm³/mol. The van der Waals surface area contributed by atoms with Gasteiger partial charge in [-0.05, 0) is 25.1 Å². The first-order chi connectivity index (χ1) is 7.52. The zero-order chi connectivity index (χ0) is 12.1. The summed E-state index contributed by atoms with van der Waals surface area (Å²) in [4.78, 5) is 11.8. The third-order valence-corrected chi connectivity index (χ3v) is 2.84. The number of terminal acetylenes is 1. The van der Waals surface area contributed by atoms with Gasteiger partial charge in [-0.2, -0.15) is 0 Å². The Hall–Kier alpha value is -0.790. The maximum Gasteiger partial charge on any atom is 0.251 e. The number of carbonyl (C=O) groups excluding carboxylic acids is 1. The van der Waals surface area contributed by atoms with E-state index >= 15 is 0 Å². The Balaban J connectivity index is 2.77. The molecule has 0 aliphatic heterocycles. The predicted octanol–water partition coefficient (Wildman–Crippen LogP) is 3.35. The van der Waals surface area contributed by atoms with Crippen LogP contribution >= 0.6 is 31.9 Å². The van der Waals surface area contributed by atoms with Gasteiger partial charge in [0.1, 0.15) is 0 Å². The first kappa shape index (κ1) is 13.3. The van der Waals surface area contributed by atoms with Crippen LogP contribution in [-0.2, 0) is 0 Å². The van der Waals surface area contributed by atoms with Crippen molar-refractivity contribution < 1.29 is 4.79 Å². The summed E-state index contributed by atoms with van der Waals surface area (Å²) in [6.07, 6.45) is 5.70. The minimum absolute atomic E-state index is 0.0183. The fourth-order valence-electron chi connectivity index (χ4n) is 1.22. The Labute approximate surface area is 112 Å². The molecule has 0 saturated heterocycles. The lowest BCUT2D eigenvalue weighted by molar-refractivity contribution is 0.0941. The zero-order valence-corrected chi connectivity index (χ0v) is 11.9. The van der Waals surface area contributed by atoms with E-state index in [4.69, 9.17) is 6.42 Å². The normalized spacial score (nSPS) is 11.6. The highest BCUT2D eigenvalue weighted by molar-refractivity contribution is 9.11. The Morgan fingerprint density at radius 1 is 1.44 bits per heavy atom. The average molecular weight is 345 g/mol. The van der Waals surface area contributed by atoms with Crippen molar-refractivity contribution in [2.75, 3.05) is 0 Å². The second-order valence-corrected chi connectivity index (χ2v) is 5.27. The van der Waals surface area contributed by atoms with E-state index in [0.29, 0.717) is 12.0 Å². The molecule has 1 atom stereocenters. The summed E-state index contributed by atoms with van der Waals surface area (Å²) in [7, 11) is 0. The SMILES string of the molecule is C#CCC(C)NC(=O)c1cc(Br)cc(Br)c1. The molecule has 2 nitrogen and oxygen atoms in total. The minimum Gasteiger partial charge on any atom is -0.349 e. The molecule has 1 rings (SSSR count). The largest absolute Gasteiger partial charge is 0.349 e. The third kappa shape index (κ3) is 3.99. The minimum atomic E-state index is -0.121. The van der Waals surface area contributed by atoms with Crippen molar-refractivity contribution in [1.82, 2.24) is 5.32 Å². The van der Waals surface area contributed by atoms with E-state index in [9.17, 15) is 4.79 Å². The number of nitrogens with one attached hydrogen (secondary N) is 1. The van der Waals surface area contributed by atoms with Gasteiger partial charge in [-0.15, -0.1) is 12.3 Å². The van der Waals surface area contributed by atoms with Crippen molar-refractivity contribution in [2.45, 2.75) is 19.4 Å². The Morgan fingerprint density at radius 3 is 2.50 bits per heavy atom. The van der Waals surface area contributed by atoms with E-state index in [-0.39, 0.29) is 11.9 Å². The Bertz CT molecular complexity index is 417. The molecule has 0 heterocycles. The second-order valence-electron chi connectivity index (χ2n) is 3.44. The molecule has 1 amide bonds. The van der Waals surface area contributed by atoms with E-state index in [1.165, 1.54) is 0 Å². The maximum absolute atomic E-state index is 11.8. The number of benzene rings is 1. The van der Waals surface area contributed by atoms with Gasteiger partial charge in [0.15, 0.2) is 0 Å². The Kier molecular flexibility index (Phi) is 5.04. The summed E-state index contributed by atoms with van der Waals surface area (Å²) in [6, 6.07) is 5.39. The number of halogens is 2. The highest BCUT2D eigenvalue weighted by Crippen LogP contribution is 2.20. The second kappa shape index (κ2) is 6.07. The maximum atomic E-state index is 11.8. The van der Waals surface area contributed by atoms with Crippen LogP contribution in [-0.4, -0.2) is 11.9 Å². The van der Waals surface area contributed by atoms with Crippen molar-refractivity contribution in [2.24, 2.45) is 0 Å². The van der Waals surface area contributed by atoms with Crippen molar-refractivity contribution in [3.63, 3.8) is 0 Å². The highest BCUT2D eigenvalue weighted by Gasteiger charge is 2.10. The van der Waals surface area contributed by atoms with Crippen molar-refractivity contribution in [3.8, 4) is 12.3 Å². The summed E-state index contributed by atoms with van der Waals surface area (Å²) in [6.45, 7) is 1.88. The summed E-state index contributed by atoms with van der Waals surface area (Å²) in [5.74, 6) is 2.39. The molecule has 1 aromatic rings. The fourth-order valence-corrected chi connectivity index (χ4v) is 2.51. The number of rotatable bonds is 3. The molecule has 1 aromatic carbocycles. The van der Waals surface area contributed by atoms with Crippen LogP contribution in [0, 0.1) is 12.3 Å². The van der Waals surface area contributed by atoms with Crippen LogP contribution in [0.3, 0.4) is 0 Å². The fraction of sp³-hybridized carbons (Fsp3) is 0.250. The topological polar surface area (TPSA) is 29.1 Å². The van der Waals surface area contributed by atoms with E-state index in [0.717, 1.165) is 8.95 Å². The summed E-state index contributed by atoms with van der Waals surface area (Å²) < 4.78 is 1.72. The van der Waals surface area contributed by atoms with Crippen molar-refractivity contribution in [1.29, 1.82) is 0 Å². The molecule has 0 aliphatic rings. The van der Waals surface area contributed by atoms with Gasteiger partial charge in [-0.25, -0.2) is 0 Å². The molecule has 4 heteroatoms. The molecule has 1 N–H and O–H groups in total. The molecular formula is C12H11Br2NO. The van der Waals surface area contributed by atoms with E-state index < -0.39 is 0 Å². The molecule has 0 radical (unpaired) electrons. The first-order valence-electron chi connectivity index (χ1n) is 4.73. The van der Waals surface area contributed by atoms with Crippen LogP contribution in [0.1, 0.15) is 23.7 Å². The van der Waals surface area contributed by atoms with Gasteiger partial charge in [-0.3, -0.25) is 4.79 Å². The van der Waals surface area contributed by atoms with Gasteiger partial charge < -0.3 is 5.32 Å². The third-order valence-electron chi connectivity index (χ3n) is 1.93. The van der Waals surface area contributed by atoms with Gasteiger partial charge in [0.2, 0.25) is 0 Å². The lowest BCUT2D eigenvalue weighted by Crippen LogP contribution is -2.32. The molecular weight excluding hydrogens is 334 g/mol. The quantitative estimate of drug-likeness (QED) is 0.837. The van der Waals surface area contributed by atoms with Gasteiger partial charge >= 0.3 is 0 Å². The molecule has 0 spiro atoms. The van der Waals surface area contributed by atoms with E-state index in [1.807, 2.05) is 13.0 Å². The molecule has 84 valence electrons. The summed E-state index contributed by atoms with van der Waals surface area (Å²) in [5.41, 5.74) is 0.602. The van der Waals surface area contributed by atoms with Gasteiger partial charge in [0, 0.05) is 27.0 Å². The van der Waals surface area contributed by atoms with Crippen LogP contribution in [0.15, 0.2) is 27.1 Å². The molecule has 0 aliphatic carbocycles. The number of hydrogen-bond donors (Lipinski definition) is 1. The molecule has 0 bridgehead atoms. The van der Waals surface area contributed by atoms with Gasteiger partial charge in [-0.1, -0.05) is 31.9 Å². The van der Waals surface area contributed by atoms with Crippen LogP contribution in [0.5, 0.6) is 0 Å². The van der Waals surface area contributed by atoms with E-state index in [2.05, 4.69) is 43.1 Å². The lowest BCUT2D eigenvalue weighted by atomic mass is 10.2. The first-order valence-corrected chi connectivity index (χ1v) is 6.32. The van der Waals surface area contributed by atoms with Crippen molar-refractivity contribution >= 4 is 37.8 Å². The van der Waals surface area contributed by atoms with Crippen LogP contribution in [0.2, 0.25) is 0 Å². The molecule has 0 fully saturated rings. The summed E-state index contributed by atoms with van der Waals surface area (Å²) in [5, 5.41) is 2.83. The van der Waals surface area contributed by atoms with Gasteiger partial charge in [0.25, 0.3) is 5.91 Å². The number of hydrogen-bond acceptors (Lipinski definition) is 1. The van der Waals surface area contributed by atoms with Crippen LogP contribution in [0.25, 0.3) is 0 Å².